The molecule has 0 aliphatic rings. The molecular formula is C11H8ClN3O4S. The molecule has 0 spiro atoms. The Bertz CT molecular complexity index is 747. The molecule has 0 aliphatic carbocycles. The molecule has 104 valence electrons. The van der Waals surface area contributed by atoms with Gasteiger partial charge < -0.3 is 0 Å². The van der Waals surface area contributed by atoms with Gasteiger partial charge in [-0.2, -0.15) is 0 Å². The molecule has 0 saturated carbocycles. The number of nitro groups is 1. The average Bonchev–Trinajstić information content (AvgIpc) is 2.41. The molecule has 0 radical (unpaired) electrons. The zero-order valence-electron chi connectivity index (χ0n) is 9.86. The number of para-hydroxylation sites is 1. The Morgan fingerprint density at radius 3 is 2.50 bits per heavy atom. The van der Waals surface area contributed by atoms with Crippen molar-refractivity contribution in [2.45, 2.75) is 4.90 Å². The van der Waals surface area contributed by atoms with Crippen molar-refractivity contribution in [3.8, 4) is 0 Å². The van der Waals surface area contributed by atoms with Crippen LogP contribution in [0.15, 0.2) is 47.5 Å². The predicted octanol–water partition coefficient (Wildman–Crippen LogP) is 2.44. The van der Waals surface area contributed by atoms with Crippen LogP contribution in [0.4, 0.5) is 11.5 Å². The first-order valence-corrected chi connectivity index (χ1v) is 7.14. The first-order chi connectivity index (χ1) is 9.40. The fourth-order valence-electron chi connectivity index (χ4n) is 1.46. The molecule has 7 nitrogen and oxygen atoms in total. The van der Waals surface area contributed by atoms with E-state index in [1.807, 2.05) is 0 Å². The number of nitrogens with one attached hydrogen (secondary N) is 1. The smallest absolute Gasteiger partial charge is 0.263 e. The molecule has 0 saturated heterocycles. The average molecular weight is 314 g/mol. The normalized spacial score (nSPS) is 11.1. The number of pyridine rings is 1. The van der Waals surface area contributed by atoms with E-state index < -0.39 is 25.5 Å². The van der Waals surface area contributed by atoms with Gasteiger partial charge in [0.15, 0.2) is 4.90 Å². The lowest BCUT2D eigenvalue weighted by Crippen LogP contribution is -2.15. The highest BCUT2D eigenvalue weighted by atomic mass is 35.5. The molecule has 1 heterocycles. The van der Waals surface area contributed by atoms with E-state index >= 15 is 0 Å². The van der Waals surface area contributed by atoms with Crippen LogP contribution >= 0.6 is 11.6 Å². The largest absolute Gasteiger partial charge is 0.289 e. The van der Waals surface area contributed by atoms with Gasteiger partial charge in [0.25, 0.3) is 15.7 Å². The highest BCUT2D eigenvalue weighted by Gasteiger charge is 2.25. The summed E-state index contributed by atoms with van der Waals surface area (Å²) >= 11 is 5.64. The number of halogens is 1. The van der Waals surface area contributed by atoms with Gasteiger partial charge in [-0.3, -0.25) is 14.8 Å². The summed E-state index contributed by atoms with van der Waals surface area (Å²) in [4.78, 5) is 13.4. The highest BCUT2D eigenvalue weighted by Crippen LogP contribution is 2.24. The van der Waals surface area contributed by atoms with Crippen molar-refractivity contribution in [1.82, 2.24) is 4.98 Å². The standard InChI is InChI=1S/C11H8ClN3O4S/c12-8-5-6-11(13-7-8)14-20(18,19)10-4-2-1-3-9(10)15(16)17/h1-7H,(H,13,14). The van der Waals surface area contributed by atoms with E-state index in [4.69, 9.17) is 11.6 Å². The van der Waals surface area contributed by atoms with Gasteiger partial charge in [-0.25, -0.2) is 13.4 Å². The third-order valence-corrected chi connectivity index (χ3v) is 3.94. The molecule has 1 aromatic carbocycles. The van der Waals surface area contributed by atoms with Gasteiger partial charge >= 0.3 is 0 Å². The van der Waals surface area contributed by atoms with Crippen molar-refractivity contribution in [3.63, 3.8) is 0 Å². The molecule has 0 unspecified atom stereocenters. The summed E-state index contributed by atoms with van der Waals surface area (Å²) in [6, 6.07) is 7.86. The van der Waals surface area contributed by atoms with Gasteiger partial charge in [0.2, 0.25) is 0 Å². The van der Waals surface area contributed by atoms with E-state index in [-0.39, 0.29) is 5.82 Å². The summed E-state index contributed by atoms with van der Waals surface area (Å²) in [7, 11) is -4.10. The molecule has 0 aliphatic heterocycles. The lowest BCUT2D eigenvalue weighted by molar-refractivity contribution is -0.387. The monoisotopic (exact) mass is 313 g/mol. The molecule has 1 aromatic heterocycles. The van der Waals surface area contributed by atoms with Crippen molar-refractivity contribution < 1.29 is 13.3 Å². The molecule has 2 rings (SSSR count). The molecular weight excluding hydrogens is 306 g/mol. The topological polar surface area (TPSA) is 102 Å². The number of sulfonamides is 1. The van der Waals surface area contributed by atoms with Gasteiger partial charge in [-0.05, 0) is 18.2 Å². The maximum atomic E-state index is 12.1. The maximum absolute atomic E-state index is 12.1. The number of nitrogens with zero attached hydrogens (tertiary/aromatic N) is 2. The van der Waals surface area contributed by atoms with E-state index in [0.29, 0.717) is 5.02 Å². The lowest BCUT2D eigenvalue weighted by atomic mass is 10.3. The Morgan fingerprint density at radius 2 is 1.90 bits per heavy atom. The Hall–Kier alpha value is -2.19. The first kappa shape index (κ1) is 14.2. The fraction of sp³-hybridized carbons (Fsp3) is 0. The van der Waals surface area contributed by atoms with Gasteiger partial charge in [0.05, 0.1) is 9.95 Å². The van der Waals surface area contributed by atoms with Gasteiger partial charge in [0.1, 0.15) is 5.82 Å². The Labute approximate surface area is 119 Å². The lowest BCUT2D eigenvalue weighted by Gasteiger charge is -2.07. The minimum absolute atomic E-state index is 0.0209. The Balaban J connectivity index is 2.41. The van der Waals surface area contributed by atoms with Gasteiger partial charge in [-0.15, -0.1) is 0 Å². The second kappa shape index (κ2) is 5.43. The summed E-state index contributed by atoms with van der Waals surface area (Å²) in [5.41, 5.74) is -0.506. The number of hydrogen-bond donors (Lipinski definition) is 1. The summed E-state index contributed by atoms with van der Waals surface area (Å²) in [5, 5.41) is 11.2. The highest BCUT2D eigenvalue weighted by molar-refractivity contribution is 7.92. The van der Waals surface area contributed by atoms with Crippen molar-refractivity contribution >= 4 is 33.1 Å². The van der Waals surface area contributed by atoms with Gasteiger partial charge in [0, 0.05) is 12.3 Å². The summed E-state index contributed by atoms with van der Waals surface area (Å²) in [5.74, 6) is 0.0209. The first-order valence-electron chi connectivity index (χ1n) is 5.28. The molecule has 20 heavy (non-hydrogen) atoms. The molecule has 0 fully saturated rings. The number of anilines is 1. The van der Waals surface area contributed by atoms with E-state index in [2.05, 4.69) is 9.71 Å². The number of benzene rings is 1. The van der Waals surface area contributed by atoms with Gasteiger partial charge in [-0.1, -0.05) is 23.7 Å². The van der Waals surface area contributed by atoms with Crippen LogP contribution in [0, 0.1) is 10.1 Å². The molecule has 0 atom stereocenters. The van der Waals surface area contributed by atoms with E-state index in [0.717, 1.165) is 12.1 Å². The predicted molar refractivity (Wildman–Crippen MR) is 73.2 cm³/mol. The summed E-state index contributed by atoms with van der Waals surface area (Å²) in [6.07, 6.45) is 1.26. The maximum Gasteiger partial charge on any atom is 0.289 e. The third-order valence-electron chi connectivity index (χ3n) is 2.32. The third kappa shape index (κ3) is 3.03. The van der Waals surface area contributed by atoms with Crippen molar-refractivity contribution in [2.75, 3.05) is 4.72 Å². The van der Waals surface area contributed by atoms with Crippen LogP contribution in [0.3, 0.4) is 0 Å². The van der Waals surface area contributed by atoms with Crippen LogP contribution < -0.4 is 4.72 Å². The van der Waals surface area contributed by atoms with Crippen LogP contribution in [0.1, 0.15) is 0 Å². The molecule has 2 aromatic rings. The zero-order valence-corrected chi connectivity index (χ0v) is 11.4. The minimum Gasteiger partial charge on any atom is -0.263 e. The van der Waals surface area contributed by atoms with Crippen LogP contribution in [0.5, 0.6) is 0 Å². The van der Waals surface area contributed by atoms with Crippen molar-refractivity contribution in [2.24, 2.45) is 0 Å². The second-order valence-electron chi connectivity index (χ2n) is 3.69. The summed E-state index contributed by atoms with van der Waals surface area (Å²) < 4.78 is 26.4. The quantitative estimate of drug-likeness (QED) is 0.690. The number of nitro benzene ring substituents is 1. The molecule has 0 bridgehead atoms. The van der Waals surface area contributed by atoms with Crippen LogP contribution in [0.2, 0.25) is 5.02 Å². The van der Waals surface area contributed by atoms with Crippen molar-refractivity contribution in [1.29, 1.82) is 0 Å². The molecule has 9 heteroatoms. The van der Waals surface area contributed by atoms with Crippen LogP contribution in [-0.2, 0) is 10.0 Å². The zero-order chi connectivity index (χ0) is 14.8. The van der Waals surface area contributed by atoms with Crippen molar-refractivity contribution in [3.05, 3.63) is 57.7 Å². The number of rotatable bonds is 4. The molecule has 1 N–H and O–H groups in total. The number of aromatic nitrogens is 1. The Morgan fingerprint density at radius 1 is 1.20 bits per heavy atom. The number of hydrogen-bond acceptors (Lipinski definition) is 5. The van der Waals surface area contributed by atoms with Crippen LogP contribution in [-0.4, -0.2) is 18.3 Å². The SMILES string of the molecule is O=[N+]([O-])c1ccccc1S(=O)(=O)Nc1ccc(Cl)cn1. The second-order valence-corrected chi connectivity index (χ2v) is 5.78. The van der Waals surface area contributed by atoms with E-state index in [1.165, 1.54) is 30.5 Å². The minimum atomic E-state index is -4.10. The summed E-state index contributed by atoms with van der Waals surface area (Å²) in [6.45, 7) is 0. The van der Waals surface area contributed by atoms with E-state index in [9.17, 15) is 18.5 Å². The van der Waals surface area contributed by atoms with E-state index in [1.54, 1.807) is 0 Å². The fourth-order valence-corrected chi connectivity index (χ4v) is 2.76. The van der Waals surface area contributed by atoms with Crippen LogP contribution in [0.25, 0.3) is 0 Å². The molecule has 0 amide bonds. The Kier molecular flexibility index (Phi) is 3.86.